The molecule has 0 spiro atoms. The number of urea groups is 1. The maximum absolute atomic E-state index is 13.0. The van der Waals surface area contributed by atoms with Gasteiger partial charge in [-0.3, -0.25) is 0 Å². The van der Waals surface area contributed by atoms with Crippen LogP contribution in [0.1, 0.15) is 37.7 Å². The van der Waals surface area contributed by atoms with Crippen LogP contribution in [0.25, 0.3) is 0 Å². The summed E-state index contributed by atoms with van der Waals surface area (Å²) in [4.78, 5) is 13.9. The van der Waals surface area contributed by atoms with Crippen LogP contribution in [0.15, 0.2) is 18.2 Å². The van der Waals surface area contributed by atoms with Gasteiger partial charge in [0.2, 0.25) is 0 Å². The lowest BCUT2D eigenvalue weighted by atomic mass is 9.95. The highest BCUT2D eigenvalue weighted by molar-refractivity contribution is 6.30. The number of nitrogens with one attached hydrogen (secondary N) is 1. The van der Waals surface area contributed by atoms with Gasteiger partial charge in [0.1, 0.15) is 5.82 Å². The molecule has 1 aromatic carbocycles. The number of rotatable bonds is 3. The normalized spacial score (nSPS) is 15.9. The number of hydrogen-bond acceptors (Lipinski definition) is 1. The van der Waals surface area contributed by atoms with Crippen LogP contribution in [0, 0.1) is 5.82 Å². The molecule has 1 fully saturated rings. The highest BCUT2D eigenvalue weighted by atomic mass is 35.5. The van der Waals surface area contributed by atoms with Crippen LogP contribution < -0.4 is 5.32 Å². The minimum Gasteiger partial charge on any atom is -0.334 e. The maximum Gasteiger partial charge on any atom is 0.317 e. The monoisotopic (exact) mass is 298 g/mol. The van der Waals surface area contributed by atoms with Gasteiger partial charge in [-0.1, -0.05) is 36.9 Å². The number of halogens is 2. The first-order valence-electron chi connectivity index (χ1n) is 7.02. The van der Waals surface area contributed by atoms with Crippen molar-refractivity contribution in [3.8, 4) is 0 Å². The number of amides is 2. The molecule has 0 bridgehead atoms. The lowest BCUT2D eigenvalue weighted by molar-refractivity contribution is 0.173. The lowest BCUT2D eigenvalue weighted by Crippen LogP contribution is -2.44. The number of carbonyl (C=O) groups is 1. The highest BCUT2D eigenvalue weighted by Gasteiger charge is 2.21. The van der Waals surface area contributed by atoms with Crippen molar-refractivity contribution < 1.29 is 9.18 Å². The Morgan fingerprint density at radius 1 is 1.40 bits per heavy atom. The molecule has 1 aliphatic rings. The topological polar surface area (TPSA) is 32.3 Å². The van der Waals surface area contributed by atoms with Gasteiger partial charge in [-0.15, -0.1) is 0 Å². The molecule has 2 amide bonds. The van der Waals surface area contributed by atoms with Crippen LogP contribution in [0.5, 0.6) is 0 Å². The summed E-state index contributed by atoms with van der Waals surface area (Å²) in [7, 11) is 1.84. The predicted molar refractivity (Wildman–Crippen MR) is 78.3 cm³/mol. The second kappa shape index (κ2) is 6.93. The summed E-state index contributed by atoms with van der Waals surface area (Å²) in [5.74, 6) is -0.443. The first kappa shape index (κ1) is 15.1. The van der Waals surface area contributed by atoms with Crippen LogP contribution in [-0.4, -0.2) is 24.0 Å². The molecule has 1 aliphatic carbocycles. The minimum atomic E-state index is -0.443. The van der Waals surface area contributed by atoms with Crippen molar-refractivity contribution in [3.63, 3.8) is 0 Å². The Hall–Kier alpha value is -1.29. The molecule has 0 aromatic heterocycles. The molecule has 20 heavy (non-hydrogen) atoms. The van der Waals surface area contributed by atoms with Gasteiger partial charge >= 0.3 is 6.03 Å². The molecule has 0 saturated heterocycles. The summed E-state index contributed by atoms with van der Waals surface area (Å²) in [5, 5.41) is 2.93. The zero-order valence-corrected chi connectivity index (χ0v) is 12.4. The van der Waals surface area contributed by atoms with E-state index >= 15 is 0 Å². The van der Waals surface area contributed by atoms with E-state index in [1.165, 1.54) is 31.4 Å². The standard InChI is InChI=1S/C15H20ClFN2O/c1-19(12-5-3-2-4-6-12)15(20)18-10-11-7-8-14(17)13(16)9-11/h7-9,12H,2-6,10H2,1H3,(H,18,20). The van der Waals surface area contributed by atoms with Gasteiger partial charge in [0, 0.05) is 19.6 Å². The van der Waals surface area contributed by atoms with Gasteiger partial charge in [0.15, 0.2) is 0 Å². The number of benzene rings is 1. The average molecular weight is 299 g/mol. The van der Waals surface area contributed by atoms with Crippen molar-refractivity contribution in [1.82, 2.24) is 10.2 Å². The first-order chi connectivity index (χ1) is 9.58. The fourth-order valence-corrected chi connectivity index (χ4v) is 2.79. The van der Waals surface area contributed by atoms with E-state index in [4.69, 9.17) is 11.6 Å². The molecule has 110 valence electrons. The van der Waals surface area contributed by atoms with Gasteiger partial charge in [-0.2, -0.15) is 0 Å². The Kier molecular flexibility index (Phi) is 5.24. The van der Waals surface area contributed by atoms with E-state index in [1.807, 2.05) is 7.05 Å². The summed E-state index contributed by atoms with van der Waals surface area (Å²) in [6, 6.07) is 4.73. The molecule has 0 atom stereocenters. The smallest absolute Gasteiger partial charge is 0.317 e. The molecule has 0 aliphatic heterocycles. The van der Waals surface area contributed by atoms with Crippen molar-refractivity contribution in [1.29, 1.82) is 0 Å². The van der Waals surface area contributed by atoms with Crippen molar-refractivity contribution in [3.05, 3.63) is 34.6 Å². The van der Waals surface area contributed by atoms with E-state index in [1.54, 1.807) is 11.0 Å². The Bertz CT molecular complexity index is 475. The molecular formula is C15H20ClFN2O. The summed E-state index contributed by atoms with van der Waals surface area (Å²) in [5.41, 5.74) is 0.793. The van der Waals surface area contributed by atoms with E-state index in [9.17, 15) is 9.18 Å². The number of carbonyl (C=O) groups excluding carboxylic acids is 1. The van der Waals surface area contributed by atoms with Crippen LogP contribution in [0.4, 0.5) is 9.18 Å². The van der Waals surface area contributed by atoms with Crippen molar-refractivity contribution in [2.75, 3.05) is 7.05 Å². The van der Waals surface area contributed by atoms with Gasteiger partial charge in [-0.05, 0) is 30.5 Å². The maximum atomic E-state index is 13.0. The molecule has 1 N–H and O–H groups in total. The van der Waals surface area contributed by atoms with Crippen LogP contribution in [0.2, 0.25) is 5.02 Å². The molecule has 1 saturated carbocycles. The third-order valence-electron chi connectivity index (χ3n) is 3.87. The third kappa shape index (κ3) is 3.85. The molecule has 1 aromatic rings. The Morgan fingerprint density at radius 2 is 2.10 bits per heavy atom. The fraction of sp³-hybridized carbons (Fsp3) is 0.533. The quantitative estimate of drug-likeness (QED) is 0.900. The van der Waals surface area contributed by atoms with E-state index < -0.39 is 5.82 Å². The van der Waals surface area contributed by atoms with E-state index in [2.05, 4.69) is 5.32 Å². The van der Waals surface area contributed by atoms with Gasteiger partial charge in [0.05, 0.1) is 5.02 Å². The van der Waals surface area contributed by atoms with Crippen LogP contribution >= 0.6 is 11.6 Å². The van der Waals surface area contributed by atoms with E-state index in [0.717, 1.165) is 18.4 Å². The molecule has 0 heterocycles. The Labute approximate surface area is 124 Å². The highest BCUT2D eigenvalue weighted by Crippen LogP contribution is 2.21. The van der Waals surface area contributed by atoms with Gasteiger partial charge in [-0.25, -0.2) is 9.18 Å². The van der Waals surface area contributed by atoms with Gasteiger partial charge < -0.3 is 10.2 Å². The fourth-order valence-electron chi connectivity index (χ4n) is 2.59. The van der Waals surface area contributed by atoms with E-state index in [0.29, 0.717) is 12.6 Å². The SMILES string of the molecule is CN(C(=O)NCc1ccc(F)c(Cl)c1)C1CCCCC1. The third-order valence-corrected chi connectivity index (χ3v) is 4.16. The second-order valence-corrected chi connectivity index (χ2v) is 5.72. The summed E-state index contributed by atoms with van der Waals surface area (Å²) in [6.45, 7) is 0.357. The minimum absolute atomic E-state index is 0.0809. The second-order valence-electron chi connectivity index (χ2n) is 5.31. The number of hydrogen-bond donors (Lipinski definition) is 1. The Balaban J connectivity index is 1.86. The molecule has 3 nitrogen and oxygen atoms in total. The molecule has 2 rings (SSSR count). The summed E-state index contributed by atoms with van der Waals surface area (Å²) >= 11 is 5.72. The molecule has 5 heteroatoms. The van der Waals surface area contributed by atoms with Crippen molar-refractivity contribution in [2.45, 2.75) is 44.7 Å². The van der Waals surface area contributed by atoms with Crippen LogP contribution in [0.3, 0.4) is 0 Å². The molecule has 0 radical (unpaired) electrons. The summed E-state index contributed by atoms with van der Waals surface area (Å²) in [6.07, 6.45) is 5.80. The van der Waals surface area contributed by atoms with Crippen molar-refractivity contribution >= 4 is 17.6 Å². The largest absolute Gasteiger partial charge is 0.334 e. The average Bonchev–Trinajstić information content (AvgIpc) is 2.48. The van der Waals surface area contributed by atoms with E-state index in [-0.39, 0.29) is 11.1 Å². The molecule has 0 unspecified atom stereocenters. The number of nitrogens with zero attached hydrogens (tertiary/aromatic N) is 1. The zero-order valence-electron chi connectivity index (χ0n) is 11.7. The van der Waals surface area contributed by atoms with Crippen LogP contribution in [-0.2, 0) is 6.54 Å². The molecular weight excluding hydrogens is 279 g/mol. The predicted octanol–water partition coefficient (Wildman–Crippen LogP) is 3.95. The lowest BCUT2D eigenvalue weighted by Gasteiger charge is -2.31. The summed E-state index contributed by atoms with van der Waals surface area (Å²) < 4.78 is 13.0. The Morgan fingerprint density at radius 3 is 2.75 bits per heavy atom. The van der Waals surface area contributed by atoms with Crippen molar-refractivity contribution in [2.24, 2.45) is 0 Å². The first-order valence-corrected chi connectivity index (χ1v) is 7.40. The zero-order chi connectivity index (χ0) is 14.5. The van der Waals surface area contributed by atoms with Gasteiger partial charge in [0.25, 0.3) is 0 Å².